The summed E-state index contributed by atoms with van der Waals surface area (Å²) in [7, 11) is 0. The van der Waals surface area contributed by atoms with E-state index in [2.05, 4.69) is 34.3 Å². The molecule has 0 aromatic carbocycles. The molecule has 2 fully saturated rings. The van der Waals surface area contributed by atoms with Crippen LogP contribution in [0.15, 0.2) is 24.5 Å². The molecule has 1 aromatic heterocycles. The zero-order valence-corrected chi connectivity index (χ0v) is 12.8. The fourth-order valence-corrected chi connectivity index (χ4v) is 3.97. The minimum absolute atomic E-state index is 0.162. The van der Waals surface area contributed by atoms with Crippen molar-refractivity contribution in [2.75, 3.05) is 19.6 Å². The molecule has 3 heterocycles. The van der Waals surface area contributed by atoms with Crippen LogP contribution in [0.5, 0.6) is 0 Å². The van der Waals surface area contributed by atoms with E-state index in [0.29, 0.717) is 5.91 Å². The minimum atomic E-state index is -0.162. The Hall–Kier alpha value is -1.42. The van der Waals surface area contributed by atoms with Gasteiger partial charge in [-0.1, -0.05) is 13.3 Å². The van der Waals surface area contributed by atoms with Crippen LogP contribution >= 0.6 is 0 Å². The van der Waals surface area contributed by atoms with Gasteiger partial charge in [0.2, 0.25) is 5.91 Å². The summed E-state index contributed by atoms with van der Waals surface area (Å²) in [5.41, 5.74) is 1.07. The van der Waals surface area contributed by atoms with E-state index in [9.17, 15) is 4.79 Å². The maximum atomic E-state index is 13.2. The van der Waals surface area contributed by atoms with Crippen molar-refractivity contribution >= 4 is 5.91 Å². The zero-order valence-electron chi connectivity index (χ0n) is 12.8. The predicted molar refractivity (Wildman–Crippen MR) is 82.8 cm³/mol. The number of nitrogens with zero attached hydrogens (tertiary/aromatic N) is 2. The molecule has 1 N–H and O–H groups in total. The number of likely N-dealkylation sites (tertiary alicyclic amines) is 1. The number of nitrogens with one attached hydrogen (secondary N) is 1. The molecule has 21 heavy (non-hydrogen) atoms. The third-order valence-corrected chi connectivity index (χ3v) is 5.03. The van der Waals surface area contributed by atoms with Crippen molar-refractivity contribution in [1.29, 1.82) is 0 Å². The summed E-state index contributed by atoms with van der Waals surface area (Å²) in [5, 5.41) is 3.40. The van der Waals surface area contributed by atoms with Crippen molar-refractivity contribution in [2.24, 2.45) is 5.41 Å². The molecule has 0 aliphatic carbocycles. The third-order valence-electron chi connectivity index (χ3n) is 5.03. The second kappa shape index (κ2) is 6.14. The summed E-state index contributed by atoms with van der Waals surface area (Å²) in [6.07, 6.45) is 8.89. The first-order valence-corrected chi connectivity index (χ1v) is 8.18. The molecule has 2 aliphatic rings. The Labute approximate surface area is 126 Å². The Morgan fingerprint density at radius 3 is 2.95 bits per heavy atom. The van der Waals surface area contributed by atoms with Gasteiger partial charge in [-0.25, -0.2) is 0 Å². The maximum absolute atomic E-state index is 13.2. The van der Waals surface area contributed by atoms with Gasteiger partial charge < -0.3 is 10.2 Å². The van der Waals surface area contributed by atoms with E-state index >= 15 is 0 Å². The van der Waals surface area contributed by atoms with Crippen LogP contribution in [0.2, 0.25) is 0 Å². The van der Waals surface area contributed by atoms with Gasteiger partial charge >= 0.3 is 0 Å². The molecular weight excluding hydrogens is 262 g/mol. The van der Waals surface area contributed by atoms with Gasteiger partial charge in [-0.2, -0.15) is 0 Å². The van der Waals surface area contributed by atoms with E-state index in [0.717, 1.165) is 51.7 Å². The highest BCUT2D eigenvalue weighted by Gasteiger charge is 2.45. The van der Waals surface area contributed by atoms with Gasteiger partial charge in [0, 0.05) is 25.5 Å². The van der Waals surface area contributed by atoms with Crippen molar-refractivity contribution in [3.63, 3.8) is 0 Å². The van der Waals surface area contributed by atoms with Crippen molar-refractivity contribution in [2.45, 2.75) is 45.1 Å². The summed E-state index contributed by atoms with van der Waals surface area (Å²) in [6, 6.07) is 4.35. The topological polar surface area (TPSA) is 45.2 Å². The Morgan fingerprint density at radius 1 is 1.48 bits per heavy atom. The average molecular weight is 287 g/mol. The summed E-state index contributed by atoms with van der Waals surface area (Å²) >= 11 is 0. The number of carbonyl (C=O) groups excluding carboxylic acids is 1. The minimum Gasteiger partial charge on any atom is -0.335 e. The molecule has 4 heteroatoms. The molecule has 2 atom stereocenters. The van der Waals surface area contributed by atoms with Crippen LogP contribution in [0.25, 0.3) is 0 Å². The number of pyridine rings is 1. The largest absolute Gasteiger partial charge is 0.335 e. The predicted octanol–water partition coefficient (Wildman–Crippen LogP) is 2.52. The number of aromatic nitrogens is 1. The molecule has 3 rings (SSSR count). The molecule has 1 amide bonds. The van der Waals surface area contributed by atoms with E-state index in [1.807, 2.05) is 12.4 Å². The molecule has 2 aliphatic heterocycles. The fraction of sp³-hybridized carbons (Fsp3) is 0.647. The van der Waals surface area contributed by atoms with E-state index < -0.39 is 0 Å². The molecule has 0 bridgehead atoms. The van der Waals surface area contributed by atoms with Crippen LogP contribution in [0, 0.1) is 5.41 Å². The van der Waals surface area contributed by atoms with Crippen LogP contribution in [-0.2, 0) is 4.79 Å². The Morgan fingerprint density at radius 2 is 2.29 bits per heavy atom. The highest BCUT2D eigenvalue weighted by molar-refractivity contribution is 5.84. The van der Waals surface area contributed by atoms with Crippen LogP contribution in [-0.4, -0.2) is 35.4 Å². The quantitative estimate of drug-likeness (QED) is 0.925. The monoisotopic (exact) mass is 287 g/mol. The first kappa shape index (κ1) is 14.5. The second-order valence-electron chi connectivity index (χ2n) is 6.39. The van der Waals surface area contributed by atoms with Crippen molar-refractivity contribution in [3.8, 4) is 0 Å². The molecule has 1 aromatic rings. The van der Waals surface area contributed by atoms with E-state index in [-0.39, 0.29) is 11.5 Å². The molecular formula is C17H25N3O. The summed E-state index contributed by atoms with van der Waals surface area (Å²) in [4.78, 5) is 19.4. The highest BCUT2D eigenvalue weighted by Crippen LogP contribution is 2.39. The summed E-state index contributed by atoms with van der Waals surface area (Å²) in [6.45, 7) is 4.90. The standard InChI is InChI=1S/C17H25N3O/c1-2-7-17(8-11-19-13-17)16(21)20-12-3-4-15(20)14-5-9-18-10-6-14/h5-6,9-10,15,19H,2-4,7-8,11-13H2,1H3. The van der Waals surface area contributed by atoms with Crippen molar-refractivity contribution in [3.05, 3.63) is 30.1 Å². The lowest BCUT2D eigenvalue weighted by molar-refractivity contribution is -0.142. The molecule has 0 radical (unpaired) electrons. The van der Waals surface area contributed by atoms with Gasteiger partial charge in [0.05, 0.1) is 11.5 Å². The molecule has 0 saturated carbocycles. The van der Waals surface area contributed by atoms with Crippen LogP contribution in [0.3, 0.4) is 0 Å². The van der Waals surface area contributed by atoms with E-state index in [1.54, 1.807) is 0 Å². The van der Waals surface area contributed by atoms with Gasteiger partial charge in [-0.05, 0) is 49.9 Å². The first-order chi connectivity index (χ1) is 10.3. The Kier molecular flexibility index (Phi) is 4.24. The van der Waals surface area contributed by atoms with Crippen LogP contribution in [0.1, 0.15) is 50.6 Å². The maximum Gasteiger partial charge on any atom is 0.230 e. The molecule has 2 saturated heterocycles. The SMILES string of the molecule is CCCC1(C(=O)N2CCCC2c2ccncc2)CCNC1. The van der Waals surface area contributed by atoms with Crippen LogP contribution < -0.4 is 5.32 Å². The Bertz CT molecular complexity index is 482. The lowest BCUT2D eigenvalue weighted by Gasteiger charge is -2.35. The lowest BCUT2D eigenvalue weighted by atomic mass is 9.80. The average Bonchev–Trinajstić information content (AvgIpc) is 3.17. The van der Waals surface area contributed by atoms with Gasteiger partial charge in [-0.15, -0.1) is 0 Å². The second-order valence-corrected chi connectivity index (χ2v) is 6.39. The van der Waals surface area contributed by atoms with Crippen molar-refractivity contribution < 1.29 is 4.79 Å². The highest BCUT2D eigenvalue weighted by atomic mass is 16.2. The number of hydrogen-bond acceptors (Lipinski definition) is 3. The van der Waals surface area contributed by atoms with Gasteiger partial charge in [0.1, 0.15) is 0 Å². The van der Waals surface area contributed by atoms with Gasteiger partial charge in [-0.3, -0.25) is 9.78 Å². The molecule has 114 valence electrons. The normalized spacial score (nSPS) is 29.0. The summed E-state index contributed by atoms with van der Waals surface area (Å²) in [5.74, 6) is 0.369. The third kappa shape index (κ3) is 2.69. The Balaban J connectivity index is 1.82. The first-order valence-electron chi connectivity index (χ1n) is 8.18. The van der Waals surface area contributed by atoms with Gasteiger partial charge in [0.15, 0.2) is 0 Å². The zero-order chi connectivity index (χ0) is 14.7. The number of hydrogen-bond donors (Lipinski definition) is 1. The fourth-order valence-electron chi connectivity index (χ4n) is 3.97. The molecule has 4 nitrogen and oxygen atoms in total. The molecule has 2 unspecified atom stereocenters. The molecule has 0 spiro atoms. The summed E-state index contributed by atoms with van der Waals surface area (Å²) < 4.78 is 0. The number of rotatable bonds is 4. The lowest BCUT2D eigenvalue weighted by Crippen LogP contribution is -2.45. The van der Waals surface area contributed by atoms with Crippen LogP contribution in [0.4, 0.5) is 0 Å². The van der Waals surface area contributed by atoms with E-state index in [1.165, 1.54) is 5.56 Å². The smallest absolute Gasteiger partial charge is 0.230 e. The van der Waals surface area contributed by atoms with E-state index in [4.69, 9.17) is 0 Å². The van der Waals surface area contributed by atoms with Crippen molar-refractivity contribution in [1.82, 2.24) is 15.2 Å². The number of carbonyl (C=O) groups is 1. The number of amides is 1. The van der Waals surface area contributed by atoms with Gasteiger partial charge in [0.25, 0.3) is 0 Å².